The van der Waals surface area contributed by atoms with Crippen molar-refractivity contribution in [3.63, 3.8) is 0 Å². The van der Waals surface area contributed by atoms with Crippen LogP contribution in [0.15, 0.2) is 24.3 Å². The van der Waals surface area contributed by atoms with Gasteiger partial charge in [-0.15, -0.1) is 0 Å². The van der Waals surface area contributed by atoms with Gasteiger partial charge in [-0.25, -0.2) is 4.71 Å². The van der Waals surface area contributed by atoms with Crippen LogP contribution in [0.4, 0.5) is 5.69 Å². The van der Waals surface area contributed by atoms with E-state index in [1.54, 1.807) is 6.92 Å². The fourth-order valence-corrected chi connectivity index (χ4v) is 2.52. The minimum Gasteiger partial charge on any atom is -0.800 e. The Bertz CT molecular complexity index is 417. The molecule has 0 spiro atoms. The van der Waals surface area contributed by atoms with Crippen LogP contribution in [-0.4, -0.2) is 41.6 Å². The van der Waals surface area contributed by atoms with Crippen LogP contribution >= 0.6 is 0 Å². The summed E-state index contributed by atoms with van der Waals surface area (Å²) < 4.78 is -0.202. The van der Waals surface area contributed by atoms with Gasteiger partial charge in [0.15, 0.2) is 5.78 Å². The number of hydrogen-bond donors (Lipinski definition) is 0. The first-order valence-corrected chi connectivity index (χ1v) is 6.94. The number of rotatable bonds is 3. The smallest absolute Gasteiger partial charge is 0.159 e. The normalized spacial score (nSPS) is 16.3. The van der Waals surface area contributed by atoms with Crippen LogP contribution in [0, 0.1) is 0 Å². The summed E-state index contributed by atoms with van der Waals surface area (Å²) in [6, 6.07) is 7.77. The van der Waals surface area contributed by atoms with Gasteiger partial charge in [-0.1, -0.05) is 0 Å². The molecule has 1 radical (unpaired) electrons. The van der Waals surface area contributed by atoms with Crippen LogP contribution < -0.4 is 4.90 Å². The monoisotopic (exact) mass is 477 g/mol. The molecule has 19 heavy (non-hydrogen) atoms. The molecule has 0 N–H and O–H groups in total. The predicted octanol–water partition coefficient (Wildman–Crippen LogP) is 1.39. The summed E-state index contributed by atoms with van der Waals surface area (Å²) >= 11 is 10.2. The number of hydrogen-bond acceptors (Lipinski definition) is 5. The van der Waals surface area contributed by atoms with Crippen LogP contribution in [0.5, 0.6) is 0 Å². The Balaban J connectivity index is 0.00000180. The van der Waals surface area contributed by atoms with Gasteiger partial charge in [0.05, 0.1) is 0 Å². The number of piperazine rings is 1. The number of benzene rings is 1. The standard InChI is InChI=1S/C13H18N2OS2.Au/c1-10(16)11-2-4-12(5-3-11)14-6-8-15(9-7-14)13(17)18;/h2-5,13,17-18H,6-9H2,1H3;/p-2. The van der Waals surface area contributed by atoms with Crippen LogP contribution in [0.25, 0.3) is 0 Å². The third-order valence-electron chi connectivity index (χ3n) is 3.25. The fraction of sp³-hybridized carbons (Fsp3) is 0.462. The van der Waals surface area contributed by atoms with Gasteiger partial charge in [-0.05, 0) is 31.2 Å². The van der Waals surface area contributed by atoms with E-state index < -0.39 is 0 Å². The summed E-state index contributed by atoms with van der Waals surface area (Å²) in [5.74, 6) is 0.103. The van der Waals surface area contributed by atoms with Crippen molar-refractivity contribution in [1.82, 2.24) is 4.90 Å². The Hall–Kier alpha value is 0.0903. The molecule has 1 aromatic carbocycles. The zero-order valence-electron chi connectivity index (χ0n) is 10.6. The maximum atomic E-state index is 11.2. The van der Waals surface area contributed by atoms with Crippen molar-refractivity contribution >= 4 is 36.7 Å². The van der Waals surface area contributed by atoms with E-state index in [2.05, 4.69) is 9.80 Å². The maximum Gasteiger partial charge on any atom is 0.159 e. The molecule has 2 rings (SSSR count). The van der Waals surface area contributed by atoms with Crippen molar-refractivity contribution in [3.05, 3.63) is 29.8 Å². The topological polar surface area (TPSA) is 23.6 Å². The molecule has 0 saturated carbocycles. The van der Waals surface area contributed by atoms with Gasteiger partial charge in [0.25, 0.3) is 0 Å². The van der Waals surface area contributed by atoms with Gasteiger partial charge < -0.3 is 35.1 Å². The summed E-state index contributed by atoms with van der Waals surface area (Å²) in [4.78, 5) is 15.6. The number of carbonyl (C=O) groups is 1. The Morgan fingerprint density at radius 2 is 1.63 bits per heavy atom. The molecule has 0 amide bonds. The quantitative estimate of drug-likeness (QED) is 0.372. The van der Waals surface area contributed by atoms with Crippen molar-refractivity contribution in [1.29, 1.82) is 0 Å². The second-order valence-corrected chi connectivity index (χ2v) is 5.62. The summed E-state index contributed by atoms with van der Waals surface area (Å²) in [5, 5.41) is 0. The number of nitrogens with zero attached hydrogens (tertiary/aromatic N) is 2. The molecule has 0 aliphatic carbocycles. The largest absolute Gasteiger partial charge is 0.800 e. The number of carbonyl (C=O) groups excluding carboxylic acids is 1. The third-order valence-corrected chi connectivity index (χ3v) is 3.85. The predicted molar refractivity (Wildman–Crippen MR) is 78.8 cm³/mol. The molecule has 0 atom stereocenters. The molecule has 3 nitrogen and oxygen atoms in total. The van der Waals surface area contributed by atoms with Crippen LogP contribution in [0.3, 0.4) is 0 Å². The second-order valence-electron chi connectivity index (χ2n) is 4.43. The molecule has 1 aromatic rings. The van der Waals surface area contributed by atoms with Gasteiger partial charge in [0, 0.05) is 59.8 Å². The van der Waals surface area contributed by atoms with E-state index in [4.69, 9.17) is 25.3 Å². The molecule has 1 saturated heterocycles. The zero-order valence-corrected chi connectivity index (χ0v) is 14.4. The zero-order chi connectivity index (χ0) is 13.1. The molecule has 109 valence electrons. The minimum absolute atomic E-state index is 0. The first-order chi connectivity index (χ1) is 8.58. The van der Waals surface area contributed by atoms with Gasteiger partial charge >= 0.3 is 0 Å². The average Bonchev–Trinajstić information content (AvgIpc) is 2.39. The molecule has 0 aromatic heterocycles. The van der Waals surface area contributed by atoms with E-state index in [9.17, 15) is 4.79 Å². The summed E-state index contributed by atoms with van der Waals surface area (Å²) in [7, 11) is 0. The summed E-state index contributed by atoms with van der Waals surface area (Å²) in [5.41, 5.74) is 1.92. The Labute approximate surface area is 141 Å². The van der Waals surface area contributed by atoms with E-state index in [0.29, 0.717) is 0 Å². The SMILES string of the molecule is CC(=O)c1ccc(N2CCN(C([S-])[S-])CC2)cc1.[Au]. The van der Waals surface area contributed by atoms with E-state index in [1.165, 1.54) is 0 Å². The average molecular weight is 477 g/mol. The van der Waals surface area contributed by atoms with Crippen LogP contribution in [0.2, 0.25) is 0 Å². The van der Waals surface area contributed by atoms with Crippen molar-refractivity contribution in [2.24, 2.45) is 0 Å². The Kier molecular flexibility index (Phi) is 7.00. The van der Waals surface area contributed by atoms with Crippen LogP contribution in [0.1, 0.15) is 17.3 Å². The van der Waals surface area contributed by atoms with E-state index >= 15 is 0 Å². The second kappa shape index (κ2) is 7.76. The summed E-state index contributed by atoms with van der Waals surface area (Å²) in [6.07, 6.45) is 0. The van der Waals surface area contributed by atoms with E-state index in [0.717, 1.165) is 37.4 Å². The van der Waals surface area contributed by atoms with Gasteiger partial charge in [0.1, 0.15) is 0 Å². The fourth-order valence-electron chi connectivity index (χ4n) is 2.10. The summed E-state index contributed by atoms with van der Waals surface area (Å²) in [6.45, 7) is 5.27. The minimum atomic E-state index is -0.202. The number of Topliss-reactive ketones (excluding diaryl/α,β-unsaturated/α-hetero) is 1. The number of anilines is 1. The van der Waals surface area contributed by atoms with Crippen molar-refractivity contribution in [2.45, 2.75) is 11.6 Å². The molecule has 6 heteroatoms. The molecule has 0 unspecified atom stereocenters. The molecular formula is C13H16AuN2OS2-2. The molecule has 1 aliphatic heterocycles. The van der Waals surface area contributed by atoms with Crippen LogP contribution in [-0.2, 0) is 47.6 Å². The Morgan fingerprint density at radius 3 is 2.05 bits per heavy atom. The molecule has 1 heterocycles. The van der Waals surface area contributed by atoms with E-state index in [-0.39, 0.29) is 32.9 Å². The van der Waals surface area contributed by atoms with E-state index in [1.807, 2.05) is 24.3 Å². The molecule has 1 aliphatic rings. The van der Waals surface area contributed by atoms with Crippen molar-refractivity contribution in [3.8, 4) is 0 Å². The van der Waals surface area contributed by atoms with Gasteiger partial charge in [-0.3, -0.25) is 4.79 Å². The van der Waals surface area contributed by atoms with Gasteiger partial charge in [-0.2, -0.15) is 0 Å². The third kappa shape index (κ3) is 4.55. The first-order valence-electron chi connectivity index (χ1n) is 5.99. The molecule has 1 fully saturated rings. The molecule has 0 bridgehead atoms. The van der Waals surface area contributed by atoms with Crippen molar-refractivity contribution < 1.29 is 27.2 Å². The Morgan fingerprint density at radius 1 is 1.11 bits per heavy atom. The number of ketones is 1. The first kappa shape index (κ1) is 17.1. The maximum absolute atomic E-state index is 11.2. The van der Waals surface area contributed by atoms with Crippen molar-refractivity contribution in [2.75, 3.05) is 31.1 Å². The van der Waals surface area contributed by atoms with Gasteiger partial charge in [0.2, 0.25) is 0 Å². The molecular weight excluding hydrogens is 461 g/mol.